The van der Waals surface area contributed by atoms with Crippen molar-refractivity contribution in [2.45, 2.75) is 13.3 Å². The molecule has 0 heterocycles. The number of hydrogen-bond acceptors (Lipinski definition) is 3. The number of hydrogen-bond donors (Lipinski definition) is 1. The second-order valence-corrected chi connectivity index (χ2v) is 5.83. The van der Waals surface area contributed by atoms with E-state index in [1.165, 1.54) is 6.42 Å². The fourth-order valence-corrected chi connectivity index (χ4v) is 2.40. The van der Waals surface area contributed by atoms with Gasteiger partial charge in [-0.2, -0.15) is 0 Å². The van der Waals surface area contributed by atoms with Crippen molar-refractivity contribution in [2.24, 2.45) is 11.8 Å². The second-order valence-electron chi connectivity index (χ2n) is 5.83. The van der Waals surface area contributed by atoms with E-state index in [1.807, 2.05) is 38.2 Å². The van der Waals surface area contributed by atoms with E-state index in [0.717, 1.165) is 18.2 Å². The maximum atomic E-state index is 12.3. The molecule has 19 heavy (non-hydrogen) atoms. The largest absolute Gasteiger partial charge is 0.397 e. The predicted molar refractivity (Wildman–Crippen MR) is 79.4 cm³/mol. The van der Waals surface area contributed by atoms with Gasteiger partial charge in [0, 0.05) is 33.3 Å². The van der Waals surface area contributed by atoms with E-state index in [9.17, 15) is 4.79 Å². The van der Waals surface area contributed by atoms with Crippen molar-refractivity contribution in [2.75, 3.05) is 38.3 Å². The molecule has 0 saturated heterocycles. The van der Waals surface area contributed by atoms with E-state index < -0.39 is 0 Å². The summed E-state index contributed by atoms with van der Waals surface area (Å²) in [5, 5.41) is 0. The van der Waals surface area contributed by atoms with Crippen LogP contribution in [0, 0.1) is 11.8 Å². The normalized spacial score (nSPS) is 21.1. The summed E-state index contributed by atoms with van der Waals surface area (Å²) in [5.74, 6) is 1.49. The van der Waals surface area contributed by atoms with Gasteiger partial charge in [0.25, 0.3) is 5.91 Å². The number of carbonyl (C=O) groups excluding carboxylic acids is 1. The van der Waals surface area contributed by atoms with Gasteiger partial charge in [0.1, 0.15) is 0 Å². The molecular weight excluding hydrogens is 238 g/mol. The molecule has 0 radical (unpaired) electrons. The maximum absolute atomic E-state index is 12.3. The standard InChI is InChI=1S/C15H23N3O/c1-10-7-12(10)9-18(4)15(19)11-5-6-14(17(2)3)13(16)8-11/h5-6,8,10,12H,7,9,16H2,1-4H3. The van der Waals surface area contributed by atoms with E-state index in [1.54, 1.807) is 11.0 Å². The summed E-state index contributed by atoms with van der Waals surface area (Å²) in [4.78, 5) is 16.1. The van der Waals surface area contributed by atoms with Crippen molar-refractivity contribution in [3.8, 4) is 0 Å². The Balaban J connectivity index is 2.08. The van der Waals surface area contributed by atoms with Gasteiger partial charge in [-0.25, -0.2) is 0 Å². The quantitative estimate of drug-likeness (QED) is 0.844. The van der Waals surface area contributed by atoms with Crippen LogP contribution in [0.1, 0.15) is 23.7 Å². The zero-order valence-electron chi connectivity index (χ0n) is 12.2. The van der Waals surface area contributed by atoms with Gasteiger partial charge in [-0.05, 0) is 36.5 Å². The van der Waals surface area contributed by atoms with Crippen LogP contribution in [0.15, 0.2) is 18.2 Å². The molecule has 0 aliphatic heterocycles. The molecule has 2 rings (SSSR count). The first kappa shape index (κ1) is 13.7. The Morgan fingerprint density at radius 2 is 2.00 bits per heavy atom. The number of rotatable bonds is 4. The van der Waals surface area contributed by atoms with Gasteiger partial charge >= 0.3 is 0 Å². The number of nitrogens with two attached hydrogens (primary N) is 1. The predicted octanol–water partition coefficient (Wildman–Crippen LogP) is 2.06. The zero-order chi connectivity index (χ0) is 14.2. The Kier molecular flexibility index (Phi) is 3.69. The average Bonchev–Trinajstić information content (AvgIpc) is 3.03. The van der Waals surface area contributed by atoms with E-state index in [2.05, 4.69) is 6.92 Å². The summed E-state index contributed by atoms with van der Waals surface area (Å²) in [6, 6.07) is 5.52. The minimum Gasteiger partial charge on any atom is -0.397 e. The highest BCUT2D eigenvalue weighted by Crippen LogP contribution is 2.38. The number of anilines is 2. The fraction of sp³-hybridized carbons (Fsp3) is 0.533. The van der Waals surface area contributed by atoms with Gasteiger partial charge in [-0.3, -0.25) is 4.79 Å². The third-order valence-corrected chi connectivity index (χ3v) is 3.89. The summed E-state index contributed by atoms with van der Waals surface area (Å²) < 4.78 is 0. The topological polar surface area (TPSA) is 49.6 Å². The number of nitrogen functional groups attached to an aromatic ring is 1. The molecule has 2 unspecified atom stereocenters. The minimum atomic E-state index is 0.0520. The SMILES string of the molecule is CC1CC1CN(C)C(=O)c1ccc(N(C)C)c(N)c1. The summed E-state index contributed by atoms with van der Waals surface area (Å²) in [6.45, 7) is 3.07. The first-order chi connectivity index (χ1) is 8.90. The maximum Gasteiger partial charge on any atom is 0.253 e. The molecule has 1 aliphatic rings. The second kappa shape index (κ2) is 5.11. The summed E-state index contributed by atoms with van der Waals surface area (Å²) in [5.41, 5.74) is 8.23. The van der Waals surface area contributed by atoms with Gasteiger partial charge in [-0.15, -0.1) is 0 Å². The summed E-state index contributed by atoms with van der Waals surface area (Å²) in [7, 11) is 5.74. The fourth-order valence-electron chi connectivity index (χ4n) is 2.40. The number of benzene rings is 1. The lowest BCUT2D eigenvalue weighted by molar-refractivity contribution is 0.0787. The van der Waals surface area contributed by atoms with E-state index in [4.69, 9.17) is 5.73 Å². The molecule has 1 saturated carbocycles. The molecule has 1 fully saturated rings. The summed E-state index contributed by atoms with van der Waals surface area (Å²) >= 11 is 0. The molecule has 104 valence electrons. The molecular formula is C15H23N3O. The Morgan fingerprint density at radius 1 is 1.37 bits per heavy atom. The van der Waals surface area contributed by atoms with Crippen LogP contribution in [-0.2, 0) is 0 Å². The van der Waals surface area contributed by atoms with Crippen LogP contribution >= 0.6 is 0 Å². The molecule has 1 aromatic carbocycles. The lowest BCUT2D eigenvalue weighted by atomic mass is 10.1. The third kappa shape index (κ3) is 3.00. The van der Waals surface area contributed by atoms with Crippen LogP contribution in [-0.4, -0.2) is 38.5 Å². The lowest BCUT2D eigenvalue weighted by Gasteiger charge is -2.19. The van der Waals surface area contributed by atoms with E-state index in [-0.39, 0.29) is 5.91 Å². The van der Waals surface area contributed by atoms with Crippen LogP contribution in [0.5, 0.6) is 0 Å². The Bertz CT molecular complexity index is 484. The number of nitrogens with zero attached hydrogens (tertiary/aromatic N) is 2. The Morgan fingerprint density at radius 3 is 2.47 bits per heavy atom. The molecule has 2 N–H and O–H groups in total. The van der Waals surface area contributed by atoms with Crippen LogP contribution in [0.3, 0.4) is 0 Å². The molecule has 4 heteroatoms. The van der Waals surface area contributed by atoms with Crippen LogP contribution in [0.2, 0.25) is 0 Å². The lowest BCUT2D eigenvalue weighted by Crippen LogP contribution is -2.29. The van der Waals surface area contributed by atoms with Gasteiger partial charge in [-0.1, -0.05) is 6.92 Å². The van der Waals surface area contributed by atoms with E-state index in [0.29, 0.717) is 17.2 Å². The van der Waals surface area contributed by atoms with Crippen molar-refractivity contribution in [1.82, 2.24) is 4.90 Å². The zero-order valence-corrected chi connectivity index (χ0v) is 12.2. The Labute approximate surface area is 115 Å². The molecule has 1 aromatic rings. The minimum absolute atomic E-state index is 0.0520. The van der Waals surface area contributed by atoms with Crippen molar-refractivity contribution in [3.05, 3.63) is 23.8 Å². The van der Waals surface area contributed by atoms with E-state index >= 15 is 0 Å². The monoisotopic (exact) mass is 261 g/mol. The van der Waals surface area contributed by atoms with Crippen LogP contribution in [0.4, 0.5) is 11.4 Å². The molecule has 4 nitrogen and oxygen atoms in total. The average molecular weight is 261 g/mol. The first-order valence-corrected chi connectivity index (χ1v) is 6.72. The van der Waals surface area contributed by atoms with Gasteiger partial charge in [0.15, 0.2) is 0 Å². The summed E-state index contributed by atoms with van der Waals surface area (Å²) in [6.07, 6.45) is 1.24. The molecule has 2 atom stereocenters. The highest BCUT2D eigenvalue weighted by Gasteiger charge is 2.34. The van der Waals surface area contributed by atoms with Gasteiger partial charge in [0.05, 0.1) is 11.4 Å². The van der Waals surface area contributed by atoms with Crippen molar-refractivity contribution in [1.29, 1.82) is 0 Å². The highest BCUT2D eigenvalue weighted by molar-refractivity contribution is 5.96. The van der Waals surface area contributed by atoms with Crippen molar-refractivity contribution >= 4 is 17.3 Å². The van der Waals surface area contributed by atoms with Gasteiger partial charge in [0.2, 0.25) is 0 Å². The number of amides is 1. The van der Waals surface area contributed by atoms with Crippen LogP contribution in [0.25, 0.3) is 0 Å². The smallest absolute Gasteiger partial charge is 0.253 e. The molecule has 0 aromatic heterocycles. The Hall–Kier alpha value is -1.71. The first-order valence-electron chi connectivity index (χ1n) is 6.72. The van der Waals surface area contributed by atoms with Gasteiger partial charge < -0.3 is 15.5 Å². The van der Waals surface area contributed by atoms with Crippen molar-refractivity contribution < 1.29 is 4.79 Å². The molecule has 0 bridgehead atoms. The highest BCUT2D eigenvalue weighted by atomic mass is 16.2. The molecule has 1 amide bonds. The third-order valence-electron chi connectivity index (χ3n) is 3.89. The van der Waals surface area contributed by atoms with Crippen LogP contribution < -0.4 is 10.6 Å². The molecule has 1 aliphatic carbocycles. The number of carbonyl (C=O) groups is 1. The molecule has 0 spiro atoms. The van der Waals surface area contributed by atoms with Crippen molar-refractivity contribution in [3.63, 3.8) is 0 Å².